The van der Waals surface area contributed by atoms with Crippen LogP contribution in [-0.2, 0) is 11.2 Å². The lowest BCUT2D eigenvalue weighted by Crippen LogP contribution is -2.12. The molecule has 0 aliphatic carbocycles. The highest BCUT2D eigenvalue weighted by molar-refractivity contribution is 5.25. The lowest BCUT2D eigenvalue weighted by atomic mass is 10.1. The third kappa shape index (κ3) is 2.83. The maximum Gasteiger partial charge on any atom is 0.0629 e. The van der Waals surface area contributed by atoms with Crippen LogP contribution in [0.1, 0.15) is 36.3 Å². The van der Waals surface area contributed by atoms with E-state index in [1.165, 1.54) is 11.3 Å². The average molecular weight is 225 g/mol. The predicted molar refractivity (Wildman–Crippen MR) is 65.7 cm³/mol. The van der Waals surface area contributed by atoms with Gasteiger partial charge in [0.25, 0.3) is 0 Å². The highest BCUT2D eigenvalue weighted by Crippen LogP contribution is 2.19. The SMILES string of the molecule is COCCC(C)n1nc(C)c(CCN)c1C. The van der Waals surface area contributed by atoms with Gasteiger partial charge < -0.3 is 10.5 Å². The largest absolute Gasteiger partial charge is 0.385 e. The van der Waals surface area contributed by atoms with Crippen molar-refractivity contribution in [2.24, 2.45) is 5.73 Å². The minimum atomic E-state index is 0.380. The molecule has 1 heterocycles. The molecule has 1 rings (SSSR count). The van der Waals surface area contributed by atoms with Crippen LogP contribution in [0.2, 0.25) is 0 Å². The number of rotatable bonds is 6. The summed E-state index contributed by atoms with van der Waals surface area (Å²) in [5.74, 6) is 0. The Morgan fingerprint density at radius 1 is 1.44 bits per heavy atom. The number of aryl methyl sites for hydroxylation is 1. The van der Waals surface area contributed by atoms with Gasteiger partial charge in [0.15, 0.2) is 0 Å². The summed E-state index contributed by atoms with van der Waals surface area (Å²) in [7, 11) is 1.73. The molecule has 0 aliphatic heterocycles. The number of nitrogens with two attached hydrogens (primary N) is 1. The smallest absolute Gasteiger partial charge is 0.0629 e. The van der Waals surface area contributed by atoms with E-state index < -0.39 is 0 Å². The van der Waals surface area contributed by atoms with Crippen LogP contribution >= 0.6 is 0 Å². The first kappa shape index (κ1) is 13.2. The van der Waals surface area contributed by atoms with Crippen molar-refractivity contribution in [1.82, 2.24) is 9.78 Å². The van der Waals surface area contributed by atoms with Gasteiger partial charge >= 0.3 is 0 Å². The van der Waals surface area contributed by atoms with Crippen LogP contribution in [0.5, 0.6) is 0 Å². The third-order valence-corrected chi connectivity index (χ3v) is 3.03. The molecule has 1 aromatic heterocycles. The quantitative estimate of drug-likeness (QED) is 0.800. The number of nitrogens with zero attached hydrogens (tertiary/aromatic N) is 2. The molecular formula is C12H23N3O. The first-order valence-electron chi connectivity index (χ1n) is 5.85. The van der Waals surface area contributed by atoms with Gasteiger partial charge in [0, 0.05) is 19.4 Å². The van der Waals surface area contributed by atoms with Crippen molar-refractivity contribution in [3.63, 3.8) is 0 Å². The minimum absolute atomic E-state index is 0.380. The third-order valence-electron chi connectivity index (χ3n) is 3.03. The van der Waals surface area contributed by atoms with Crippen LogP contribution in [0.15, 0.2) is 0 Å². The molecule has 1 atom stereocenters. The van der Waals surface area contributed by atoms with Crippen LogP contribution < -0.4 is 5.73 Å². The van der Waals surface area contributed by atoms with Gasteiger partial charge in [0.1, 0.15) is 0 Å². The molecule has 16 heavy (non-hydrogen) atoms. The van der Waals surface area contributed by atoms with Crippen molar-refractivity contribution >= 4 is 0 Å². The first-order valence-corrected chi connectivity index (χ1v) is 5.85. The Bertz CT molecular complexity index is 333. The maximum absolute atomic E-state index is 5.61. The van der Waals surface area contributed by atoms with Crippen LogP contribution in [-0.4, -0.2) is 30.0 Å². The van der Waals surface area contributed by atoms with E-state index in [4.69, 9.17) is 10.5 Å². The van der Waals surface area contributed by atoms with Crippen LogP contribution in [0.25, 0.3) is 0 Å². The summed E-state index contributed by atoms with van der Waals surface area (Å²) in [5.41, 5.74) is 9.25. The second-order valence-corrected chi connectivity index (χ2v) is 4.26. The van der Waals surface area contributed by atoms with Gasteiger partial charge in [-0.15, -0.1) is 0 Å². The van der Waals surface area contributed by atoms with E-state index in [1.54, 1.807) is 7.11 Å². The fourth-order valence-electron chi connectivity index (χ4n) is 2.04. The Kier molecular flexibility index (Phi) is 4.96. The minimum Gasteiger partial charge on any atom is -0.385 e. The second kappa shape index (κ2) is 6.01. The normalized spacial score (nSPS) is 13.1. The molecule has 0 spiro atoms. The standard InChI is InChI=1S/C12H23N3O/c1-9(6-8-16-4)15-11(3)12(5-7-13)10(2)14-15/h9H,5-8,13H2,1-4H3. The molecule has 1 unspecified atom stereocenters. The predicted octanol–water partition coefficient (Wildman–Crippen LogP) is 1.60. The summed E-state index contributed by atoms with van der Waals surface area (Å²) < 4.78 is 7.19. The topological polar surface area (TPSA) is 53.1 Å². The average Bonchev–Trinajstić information content (AvgIpc) is 2.54. The lowest BCUT2D eigenvalue weighted by Gasteiger charge is -2.14. The Morgan fingerprint density at radius 2 is 2.12 bits per heavy atom. The summed E-state index contributed by atoms with van der Waals surface area (Å²) in [6.07, 6.45) is 1.90. The van der Waals surface area contributed by atoms with Gasteiger partial charge in [-0.1, -0.05) is 0 Å². The van der Waals surface area contributed by atoms with E-state index >= 15 is 0 Å². The highest BCUT2D eigenvalue weighted by atomic mass is 16.5. The number of methoxy groups -OCH3 is 1. The summed E-state index contributed by atoms with van der Waals surface area (Å²) in [4.78, 5) is 0. The van der Waals surface area contributed by atoms with E-state index in [9.17, 15) is 0 Å². The molecule has 0 fully saturated rings. The molecule has 4 heteroatoms. The molecule has 0 saturated carbocycles. The van der Waals surface area contributed by atoms with Crippen molar-refractivity contribution in [1.29, 1.82) is 0 Å². The van der Waals surface area contributed by atoms with Crippen molar-refractivity contribution in [2.75, 3.05) is 20.3 Å². The number of aromatic nitrogens is 2. The molecule has 0 amide bonds. The Hall–Kier alpha value is -0.870. The first-order chi connectivity index (χ1) is 7.61. The molecular weight excluding hydrogens is 202 g/mol. The van der Waals surface area contributed by atoms with E-state index in [-0.39, 0.29) is 0 Å². The molecule has 0 radical (unpaired) electrons. The van der Waals surface area contributed by atoms with Gasteiger partial charge in [-0.05, 0) is 45.7 Å². The van der Waals surface area contributed by atoms with Gasteiger partial charge in [-0.2, -0.15) is 5.10 Å². The number of ether oxygens (including phenoxy) is 1. The maximum atomic E-state index is 5.61. The number of hydrogen-bond acceptors (Lipinski definition) is 3. The lowest BCUT2D eigenvalue weighted by molar-refractivity contribution is 0.178. The molecule has 92 valence electrons. The van der Waals surface area contributed by atoms with Crippen LogP contribution in [0.3, 0.4) is 0 Å². The Labute approximate surface area is 97.8 Å². The fourth-order valence-corrected chi connectivity index (χ4v) is 2.04. The number of hydrogen-bond donors (Lipinski definition) is 1. The zero-order valence-corrected chi connectivity index (χ0v) is 10.8. The second-order valence-electron chi connectivity index (χ2n) is 4.26. The van der Waals surface area contributed by atoms with E-state index in [0.717, 1.165) is 25.1 Å². The Balaban J connectivity index is 2.84. The van der Waals surface area contributed by atoms with E-state index in [2.05, 4.69) is 30.6 Å². The van der Waals surface area contributed by atoms with Crippen molar-refractivity contribution in [2.45, 2.75) is 39.7 Å². The van der Waals surface area contributed by atoms with Gasteiger partial charge in [-0.3, -0.25) is 4.68 Å². The van der Waals surface area contributed by atoms with Crippen molar-refractivity contribution in [3.05, 3.63) is 17.0 Å². The van der Waals surface area contributed by atoms with Crippen molar-refractivity contribution in [3.8, 4) is 0 Å². The molecule has 1 aromatic rings. The zero-order chi connectivity index (χ0) is 12.1. The molecule has 2 N–H and O–H groups in total. The summed E-state index contributed by atoms with van der Waals surface area (Å²) in [5, 5.41) is 4.59. The molecule has 0 bridgehead atoms. The molecule has 4 nitrogen and oxygen atoms in total. The monoisotopic (exact) mass is 225 g/mol. The fraction of sp³-hybridized carbons (Fsp3) is 0.750. The van der Waals surface area contributed by atoms with Gasteiger partial charge in [0.05, 0.1) is 11.7 Å². The molecule has 0 aromatic carbocycles. The molecule has 0 saturated heterocycles. The van der Waals surface area contributed by atoms with E-state index in [1.807, 2.05) is 0 Å². The van der Waals surface area contributed by atoms with Crippen LogP contribution in [0, 0.1) is 13.8 Å². The van der Waals surface area contributed by atoms with Crippen molar-refractivity contribution < 1.29 is 4.74 Å². The van der Waals surface area contributed by atoms with Crippen LogP contribution in [0.4, 0.5) is 0 Å². The highest BCUT2D eigenvalue weighted by Gasteiger charge is 2.14. The summed E-state index contributed by atoms with van der Waals surface area (Å²) >= 11 is 0. The summed E-state index contributed by atoms with van der Waals surface area (Å²) in [6, 6.07) is 0.380. The summed E-state index contributed by atoms with van der Waals surface area (Å²) in [6.45, 7) is 7.79. The van der Waals surface area contributed by atoms with Gasteiger partial charge in [0.2, 0.25) is 0 Å². The van der Waals surface area contributed by atoms with E-state index in [0.29, 0.717) is 12.6 Å². The molecule has 0 aliphatic rings. The zero-order valence-electron chi connectivity index (χ0n) is 10.8. The van der Waals surface area contributed by atoms with Gasteiger partial charge in [-0.25, -0.2) is 0 Å². The Morgan fingerprint density at radius 3 is 2.69 bits per heavy atom.